The Hall–Kier alpha value is -1.64. The lowest BCUT2D eigenvalue weighted by atomic mass is 9.96. The van der Waals surface area contributed by atoms with Crippen molar-refractivity contribution >= 4 is 11.8 Å². The predicted molar refractivity (Wildman–Crippen MR) is 61.0 cm³/mol. The molecule has 2 amide bonds. The Balaban J connectivity index is 2.25. The van der Waals surface area contributed by atoms with E-state index in [4.69, 9.17) is 0 Å². The summed E-state index contributed by atoms with van der Waals surface area (Å²) < 4.78 is 0. The zero-order valence-corrected chi connectivity index (χ0v) is 9.56. The molecule has 1 fully saturated rings. The van der Waals surface area contributed by atoms with Crippen LogP contribution < -0.4 is 0 Å². The van der Waals surface area contributed by atoms with Gasteiger partial charge in [-0.25, -0.2) is 0 Å². The van der Waals surface area contributed by atoms with Gasteiger partial charge in [0, 0.05) is 13.5 Å². The lowest BCUT2D eigenvalue weighted by Gasteiger charge is -2.09. The second kappa shape index (κ2) is 4.08. The monoisotopic (exact) mass is 217 g/mol. The van der Waals surface area contributed by atoms with Crippen LogP contribution in [0.1, 0.15) is 30.4 Å². The summed E-state index contributed by atoms with van der Waals surface area (Å²) in [7, 11) is 1.55. The first kappa shape index (κ1) is 10.9. The molecule has 1 heterocycles. The van der Waals surface area contributed by atoms with Gasteiger partial charge in [0.15, 0.2) is 0 Å². The molecule has 1 unspecified atom stereocenters. The molecule has 1 aromatic carbocycles. The Bertz CT molecular complexity index is 422. The summed E-state index contributed by atoms with van der Waals surface area (Å²) in [5.74, 6) is -0.452. The van der Waals surface area contributed by atoms with Gasteiger partial charge < -0.3 is 0 Å². The predicted octanol–water partition coefficient (Wildman–Crippen LogP) is 1.72. The fourth-order valence-electron chi connectivity index (χ4n) is 2.00. The molecule has 1 aromatic rings. The average molecular weight is 217 g/mol. The number of hydrogen-bond acceptors (Lipinski definition) is 2. The number of carbonyl (C=O) groups excluding carboxylic acids is 2. The number of imide groups is 1. The zero-order chi connectivity index (χ0) is 11.7. The van der Waals surface area contributed by atoms with Crippen LogP contribution in [-0.4, -0.2) is 23.8 Å². The Morgan fingerprint density at radius 1 is 1.25 bits per heavy atom. The highest BCUT2D eigenvalue weighted by Crippen LogP contribution is 2.28. The van der Waals surface area contributed by atoms with Crippen LogP contribution in [0.15, 0.2) is 24.3 Å². The number of benzene rings is 1. The summed E-state index contributed by atoms with van der Waals surface area (Å²) in [6.45, 7) is 2.09. The summed E-state index contributed by atoms with van der Waals surface area (Å²) in [4.78, 5) is 24.4. The largest absolute Gasteiger partial charge is 0.285 e. The molecule has 3 heteroatoms. The van der Waals surface area contributed by atoms with Crippen LogP contribution in [0, 0.1) is 0 Å². The van der Waals surface area contributed by atoms with E-state index < -0.39 is 0 Å². The highest BCUT2D eigenvalue weighted by Gasteiger charge is 2.36. The third kappa shape index (κ3) is 1.73. The van der Waals surface area contributed by atoms with Gasteiger partial charge in [-0.1, -0.05) is 31.2 Å². The lowest BCUT2D eigenvalue weighted by Crippen LogP contribution is -2.25. The molecular formula is C13H15NO2. The van der Waals surface area contributed by atoms with E-state index in [1.807, 2.05) is 24.3 Å². The summed E-state index contributed by atoms with van der Waals surface area (Å²) in [5, 5.41) is 0. The third-order valence-corrected chi connectivity index (χ3v) is 3.17. The Labute approximate surface area is 95.1 Å². The SMILES string of the molecule is CCc1ccc(C2CC(=O)N(C)C2=O)cc1. The number of likely N-dealkylation sites (N-methyl/N-ethyl adjacent to an activating group) is 1. The second-order valence-corrected chi connectivity index (χ2v) is 4.14. The van der Waals surface area contributed by atoms with E-state index in [1.54, 1.807) is 7.05 Å². The number of hydrogen-bond donors (Lipinski definition) is 0. The first-order valence-corrected chi connectivity index (χ1v) is 5.52. The van der Waals surface area contributed by atoms with Crippen molar-refractivity contribution in [3.8, 4) is 0 Å². The molecule has 0 spiro atoms. The van der Waals surface area contributed by atoms with Crippen molar-refractivity contribution in [1.82, 2.24) is 4.90 Å². The van der Waals surface area contributed by atoms with Crippen LogP contribution in [0.3, 0.4) is 0 Å². The van der Waals surface area contributed by atoms with Gasteiger partial charge in [0.25, 0.3) is 0 Å². The number of rotatable bonds is 2. The van der Waals surface area contributed by atoms with Crippen molar-refractivity contribution in [1.29, 1.82) is 0 Å². The maximum Gasteiger partial charge on any atom is 0.236 e. The van der Waals surface area contributed by atoms with Crippen LogP contribution in [0.25, 0.3) is 0 Å². The molecule has 16 heavy (non-hydrogen) atoms. The summed E-state index contributed by atoms with van der Waals surface area (Å²) in [5.41, 5.74) is 2.19. The van der Waals surface area contributed by atoms with Crippen LogP contribution in [-0.2, 0) is 16.0 Å². The maximum absolute atomic E-state index is 11.8. The Morgan fingerprint density at radius 2 is 1.88 bits per heavy atom. The van der Waals surface area contributed by atoms with Gasteiger partial charge in [-0.05, 0) is 17.5 Å². The molecule has 0 radical (unpaired) electrons. The molecule has 0 bridgehead atoms. The van der Waals surface area contributed by atoms with Crippen molar-refractivity contribution in [3.05, 3.63) is 35.4 Å². The lowest BCUT2D eigenvalue weighted by molar-refractivity contribution is -0.137. The third-order valence-electron chi connectivity index (χ3n) is 3.17. The molecule has 1 atom stereocenters. The van der Waals surface area contributed by atoms with Gasteiger partial charge in [0.05, 0.1) is 5.92 Å². The number of nitrogens with zero attached hydrogens (tertiary/aromatic N) is 1. The molecule has 1 aliphatic heterocycles. The van der Waals surface area contributed by atoms with E-state index in [0.717, 1.165) is 12.0 Å². The molecule has 0 aromatic heterocycles. The normalized spacial score (nSPS) is 20.6. The zero-order valence-electron chi connectivity index (χ0n) is 9.56. The van der Waals surface area contributed by atoms with E-state index in [1.165, 1.54) is 10.5 Å². The summed E-state index contributed by atoms with van der Waals surface area (Å²) in [6, 6.07) is 7.94. The minimum absolute atomic E-state index is 0.0884. The number of likely N-dealkylation sites (tertiary alicyclic amines) is 1. The van der Waals surface area contributed by atoms with Crippen LogP contribution in [0.2, 0.25) is 0 Å². The highest BCUT2D eigenvalue weighted by molar-refractivity contribution is 6.05. The van der Waals surface area contributed by atoms with Crippen molar-refractivity contribution in [2.24, 2.45) is 0 Å². The van der Waals surface area contributed by atoms with Crippen molar-refractivity contribution in [2.75, 3.05) is 7.05 Å². The highest BCUT2D eigenvalue weighted by atomic mass is 16.2. The first-order chi connectivity index (χ1) is 7.63. The van der Waals surface area contributed by atoms with Crippen molar-refractivity contribution in [3.63, 3.8) is 0 Å². The van der Waals surface area contributed by atoms with Crippen molar-refractivity contribution < 1.29 is 9.59 Å². The second-order valence-electron chi connectivity index (χ2n) is 4.14. The maximum atomic E-state index is 11.8. The average Bonchev–Trinajstić information content (AvgIpc) is 2.57. The molecular weight excluding hydrogens is 202 g/mol. The van der Waals surface area contributed by atoms with Gasteiger partial charge in [0.2, 0.25) is 11.8 Å². The van der Waals surface area contributed by atoms with Gasteiger partial charge in [-0.3, -0.25) is 14.5 Å². The number of carbonyl (C=O) groups is 2. The molecule has 2 rings (SSSR count). The van der Waals surface area contributed by atoms with Gasteiger partial charge in [-0.15, -0.1) is 0 Å². The molecule has 1 saturated heterocycles. The van der Waals surface area contributed by atoms with Crippen LogP contribution in [0.5, 0.6) is 0 Å². The quantitative estimate of drug-likeness (QED) is 0.707. The number of aryl methyl sites for hydroxylation is 1. The fourth-order valence-corrected chi connectivity index (χ4v) is 2.00. The van der Waals surface area contributed by atoms with E-state index >= 15 is 0 Å². The molecule has 84 valence electrons. The van der Waals surface area contributed by atoms with Gasteiger partial charge >= 0.3 is 0 Å². The Morgan fingerprint density at radius 3 is 2.31 bits per heavy atom. The molecule has 0 saturated carbocycles. The van der Waals surface area contributed by atoms with E-state index in [9.17, 15) is 9.59 Å². The van der Waals surface area contributed by atoms with E-state index in [0.29, 0.717) is 6.42 Å². The van der Waals surface area contributed by atoms with Crippen molar-refractivity contribution in [2.45, 2.75) is 25.7 Å². The molecule has 1 aliphatic rings. The van der Waals surface area contributed by atoms with Crippen LogP contribution >= 0.6 is 0 Å². The summed E-state index contributed by atoms with van der Waals surface area (Å²) in [6.07, 6.45) is 1.29. The van der Waals surface area contributed by atoms with E-state index in [2.05, 4.69) is 6.92 Å². The van der Waals surface area contributed by atoms with Gasteiger partial charge in [0.1, 0.15) is 0 Å². The smallest absolute Gasteiger partial charge is 0.236 e. The topological polar surface area (TPSA) is 37.4 Å². The van der Waals surface area contributed by atoms with Crippen LogP contribution in [0.4, 0.5) is 0 Å². The minimum atomic E-state index is -0.275. The fraction of sp³-hybridized carbons (Fsp3) is 0.385. The Kier molecular flexibility index (Phi) is 2.77. The van der Waals surface area contributed by atoms with Gasteiger partial charge in [-0.2, -0.15) is 0 Å². The molecule has 0 N–H and O–H groups in total. The number of amides is 2. The first-order valence-electron chi connectivity index (χ1n) is 5.52. The molecule has 0 aliphatic carbocycles. The standard InChI is InChI=1S/C13H15NO2/c1-3-9-4-6-10(7-5-9)11-8-12(15)14(2)13(11)16/h4-7,11H,3,8H2,1-2H3. The van der Waals surface area contributed by atoms with E-state index in [-0.39, 0.29) is 17.7 Å². The summed E-state index contributed by atoms with van der Waals surface area (Å²) >= 11 is 0. The minimum Gasteiger partial charge on any atom is -0.285 e. The molecule has 3 nitrogen and oxygen atoms in total.